The maximum Gasteiger partial charge on any atom is 0.0529 e. The molecule has 0 spiro atoms. The monoisotopic (exact) mass is 296 g/mol. The molecule has 2 heterocycles. The van der Waals surface area contributed by atoms with Gasteiger partial charge in [0.05, 0.1) is 5.70 Å². The normalized spacial score (nSPS) is 17.9. The van der Waals surface area contributed by atoms with Gasteiger partial charge in [-0.05, 0) is 11.8 Å². The second-order valence-electron chi connectivity index (χ2n) is 4.79. The highest BCUT2D eigenvalue weighted by atomic mass is 79.9. The molecule has 0 atom stereocenters. The molecule has 2 rings (SSSR count). The lowest BCUT2D eigenvalue weighted by molar-refractivity contribution is 0.760. The van der Waals surface area contributed by atoms with Crippen LogP contribution in [0.5, 0.6) is 0 Å². The maximum absolute atomic E-state index is 4.22. The zero-order chi connectivity index (χ0) is 12.8. The average molecular weight is 297 g/mol. The van der Waals surface area contributed by atoms with Crippen molar-refractivity contribution >= 4 is 28.4 Å². The molecule has 0 saturated heterocycles. The van der Waals surface area contributed by atoms with Crippen LogP contribution in [0.4, 0.5) is 0 Å². The van der Waals surface area contributed by atoms with Crippen molar-refractivity contribution in [2.75, 3.05) is 0 Å². The highest BCUT2D eigenvalue weighted by Gasteiger charge is 2.10. The lowest BCUT2D eigenvalue weighted by atomic mass is 10.1. The van der Waals surface area contributed by atoms with Crippen LogP contribution in [0.2, 0.25) is 0 Å². The standard InChI is InChI=1S/C7H10BrN.C7H11N/c1-5(2)7-6(8)3-4-9-7;1-6(2)7-4-3-5-8-7/h4-5H,3H2,1-2H3;4-6H,3H2,1-2H3. The van der Waals surface area contributed by atoms with Gasteiger partial charge in [0.2, 0.25) is 0 Å². The van der Waals surface area contributed by atoms with E-state index in [9.17, 15) is 0 Å². The molecule has 2 nitrogen and oxygen atoms in total. The number of allylic oxidation sites excluding steroid dienone is 4. The first-order valence-corrected chi connectivity index (χ1v) is 6.95. The maximum atomic E-state index is 4.22. The Bertz CT molecular complexity index is 374. The van der Waals surface area contributed by atoms with E-state index in [-0.39, 0.29) is 0 Å². The van der Waals surface area contributed by atoms with Crippen LogP contribution < -0.4 is 0 Å². The molecule has 0 radical (unpaired) electrons. The molecule has 0 fully saturated rings. The quantitative estimate of drug-likeness (QED) is 0.704. The second-order valence-corrected chi connectivity index (χ2v) is 5.75. The van der Waals surface area contributed by atoms with Crippen molar-refractivity contribution in [3.63, 3.8) is 0 Å². The predicted octanol–water partition coefficient (Wildman–Crippen LogP) is 4.72. The SMILES string of the molecule is CC(C)C1=C(Br)CC=N1.CC(C)C1=CCC=N1. The topological polar surface area (TPSA) is 24.7 Å². The fourth-order valence-corrected chi connectivity index (χ4v) is 2.34. The fraction of sp³-hybridized carbons (Fsp3) is 0.571. The zero-order valence-electron chi connectivity index (χ0n) is 11.1. The van der Waals surface area contributed by atoms with Crippen molar-refractivity contribution in [2.24, 2.45) is 21.8 Å². The number of aliphatic imine (C=N–C) groups is 2. The summed E-state index contributed by atoms with van der Waals surface area (Å²) in [6.07, 6.45) is 8.08. The van der Waals surface area contributed by atoms with Gasteiger partial charge in [-0.15, -0.1) is 0 Å². The van der Waals surface area contributed by atoms with Crippen molar-refractivity contribution in [1.29, 1.82) is 0 Å². The Morgan fingerprint density at radius 2 is 1.76 bits per heavy atom. The largest absolute Gasteiger partial charge is 0.265 e. The van der Waals surface area contributed by atoms with Gasteiger partial charge >= 0.3 is 0 Å². The highest BCUT2D eigenvalue weighted by molar-refractivity contribution is 9.11. The van der Waals surface area contributed by atoms with E-state index in [2.05, 4.69) is 59.7 Å². The average Bonchev–Trinajstić information content (AvgIpc) is 2.87. The number of hydrogen-bond acceptors (Lipinski definition) is 2. The van der Waals surface area contributed by atoms with Gasteiger partial charge in [-0.25, -0.2) is 0 Å². The number of hydrogen-bond donors (Lipinski definition) is 0. The molecule has 3 heteroatoms. The van der Waals surface area contributed by atoms with Crippen molar-refractivity contribution in [3.8, 4) is 0 Å². The minimum absolute atomic E-state index is 0.554. The number of rotatable bonds is 2. The summed E-state index contributed by atoms with van der Waals surface area (Å²) in [7, 11) is 0. The lowest BCUT2D eigenvalue weighted by Crippen LogP contribution is -1.88. The Balaban J connectivity index is 0.000000171. The van der Waals surface area contributed by atoms with E-state index in [1.54, 1.807) is 0 Å². The molecule has 0 bridgehead atoms. The van der Waals surface area contributed by atoms with Crippen molar-refractivity contribution in [2.45, 2.75) is 40.5 Å². The van der Waals surface area contributed by atoms with Crippen molar-refractivity contribution in [3.05, 3.63) is 22.0 Å². The van der Waals surface area contributed by atoms with E-state index in [0.29, 0.717) is 11.8 Å². The number of nitrogens with zero attached hydrogens (tertiary/aromatic N) is 2. The van der Waals surface area contributed by atoms with E-state index in [1.165, 1.54) is 15.9 Å². The number of halogens is 1. The molecule has 17 heavy (non-hydrogen) atoms. The highest BCUT2D eigenvalue weighted by Crippen LogP contribution is 2.26. The van der Waals surface area contributed by atoms with Crippen LogP contribution in [-0.4, -0.2) is 12.4 Å². The van der Waals surface area contributed by atoms with E-state index in [4.69, 9.17) is 0 Å². The van der Waals surface area contributed by atoms with Gasteiger partial charge in [-0.3, -0.25) is 9.98 Å². The van der Waals surface area contributed by atoms with Gasteiger partial charge < -0.3 is 0 Å². The first-order valence-electron chi connectivity index (χ1n) is 6.16. The fourth-order valence-electron chi connectivity index (χ4n) is 1.63. The zero-order valence-corrected chi connectivity index (χ0v) is 12.7. The summed E-state index contributed by atoms with van der Waals surface area (Å²) in [6, 6.07) is 0. The van der Waals surface area contributed by atoms with Gasteiger partial charge in [0.25, 0.3) is 0 Å². The van der Waals surface area contributed by atoms with Gasteiger partial charge in [0, 0.05) is 35.5 Å². The van der Waals surface area contributed by atoms with Crippen LogP contribution in [0.25, 0.3) is 0 Å². The summed E-state index contributed by atoms with van der Waals surface area (Å²) < 4.78 is 1.25. The summed E-state index contributed by atoms with van der Waals surface area (Å²) in [5, 5.41) is 0. The Hall–Kier alpha value is -0.700. The summed E-state index contributed by atoms with van der Waals surface area (Å²) in [5.41, 5.74) is 2.44. The molecule has 0 saturated carbocycles. The predicted molar refractivity (Wildman–Crippen MR) is 79.9 cm³/mol. The van der Waals surface area contributed by atoms with Crippen LogP contribution in [0.3, 0.4) is 0 Å². The van der Waals surface area contributed by atoms with E-state index in [0.717, 1.165) is 12.8 Å². The first-order chi connectivity index (χ1) is 8.02. The summed E-state index contributed by atoms with van der Waals surface area (Å²) in [4.78, 5) is 8.40. The van der Waals surface area contributed by atoms with Gasteiger partial charge in [-0.2, -0.15) is 0 Å². The minimum Gasteiger partial charge on any atom is -0.265 e. The molecule has 0 aromatic carbocycles. The van der Waals surface area contributed by atoms with E-state index < -0.39 is 0 Å². The Morgan fingerprint density at radius 1 is 1.06 bits per heavy atom. The molecular weight excluding hydrogens is 276 g/mol. The summed E-state index contributed by atoms with van der Waals surface area (Å²) in [6.45, 7) is 8.63. The van der Waals surface area contributed by atoms with Crippen LogP contribution >= 0.6 is 15.9 Å². The second kappa shape index (κ2) is 6.90. The van der Waals surface area contributed by atoms with E-state index in [1.807, 2.05) is 12.4 Å². The summed E-state index contributed by atoms with van der Waals surface area (Å²) >= 11 is 3.46. The first kappa shape index (κ1) is 14.4. The van der Waals surface area contributed by atoms with Gasteiger partial charge in [0.15, 0.2) is 0 Å². The Morgan fingerprint density at radius 3 is 2.00 bits per heavy atom. The molecule has 0 aromatic rings. The van der Waals surface area contributed by atoms with Crippen LogP contribution in [0, 0.1) is 11.8 Å². The third-order valence-electron chi connectivity index (χ3n) is 2.59. The molecule has 2 aliphatic rings. The minimum atomic E-state index is 0.554. The molecule has 2 aliphatic heterocycles. The van der Waals surface area contributed by atoms with Crippen LogP contribution in [0.15, 0.2) is 31.9 Å². The third-order valence-corrected chi connectivity index (χ3v) is 3.32. The van der Waals surface area contributed by atoms with E-state index >= 15 is 0 Å². The Labute approximate surface area is 113 Å². The van der Waals surface area contributed by atoms with Gasteiger partial charge in [0.1, 0.15) is 0 Å². The third kappa shape index (κ3) is 4.58. The molecule has 0 unspecified atom stereocenters. The van der Waals surface area contributed by atoms with Crippen LogP contribution in [0.1, 0.15) is 40.5 Å². The molecular formula is C14H21BrN2. The van der Waals surface area contributed by atoms with Crippen molar-refractivity contribution < 1.29 is 0 Å². The van der Waals surface area contributed by atoms with Crippen molar-refractivity contribution in [1.82, 2.24) is 0 Å². The summed E-state index contributed by atoms with van der Waals surface area (Å²) in [5.74, 6) is 1.16. The molecule has 0 amide bonds. The molecule has 0 aromatic heterocycles. The molecule has 94 valence electrons. The molecule has 0 aliphatic carbocycles. The molecule has 0 N–H and O–H groups in total. The smallest absolute Gasteiger partial charge is 0.0529 e. The Kier molecular flexibility index (Phi) is 5.83. The van der Waals surface area contributed by atoms with Crippen LogP contribution in [-0.2, 0) is 0 Å². The van der Waals surface area contributed by atoms with Gasteiger partial charge in [-0.1, -0.05) is 49.7 Å². The lowest BCUT2D eigenvalue weighted by Gasteiger charge is -2.01.